The molecule has 0 fully saturated rings. The Balaban J connectivity index is 2.73. The minimum Gasteiger partial charge on any atom is -0.370 e. The summed E-state index contributed by atoms with van der Waals surface area (Å²) in [6.45, 7) is 9.87. The van der Waals surface area contributed by atoms with Gasteiger partial charge in [-0.3, -0.25) is 4.79 Å². The summed E-state index contributed by atoms with van der Waals surface area (Å²) in [6.07, 6.45) is 0. The van der Waals surface area contributed by atoms with Crippen LogP contribution in [-0.4, -0.2) is 36.6 Å². The SMILES string of the molecule is CCNc1cccc(N(CC)CC(=O)NC(C)C)n1. The molecular formula is C14H24N4O. The summed E-state index contributed by atoms with van der Waals surface area (Å²) in [5, 5.41) is 6.07. The molecule has 0 aliphatic rings. The summed E-state index contributed by atoms with van der Waals surface area (Å²) in [7, 11) is 0. The zero-order chi connectivity index (χ0) is 14.3. The van der Waals surface area contributed by atoms with E-state index in [0.717, 1.165) is 24.7 Å². The number of hydrogen-bond acceptors (Lipinski definition) is 4. The number of amides is 1. The Bertz CT molecular complexity index is 406. The maximum absolute atomic E-state index is 11.8. The number of carbonyl (C=O) groups excluding carboxylic acids is 1. The first-order chi connectivity index (χ1) is 9.06. The summed E-state index contributed by atoms with van der Waals surface area (Å²) in [5.74, 6) is 1.68. The molecule has 106 valence electrons. The molecule has 1 heterocycles. The summed E-state index contributed by atoms with van der Waals surface area (Å²) in [5.41, 5.74) is 0. The molecule has 2 N–H and O–H groups in total. The van der Waals surface area contributed by atoms with Gasteiger partial charge in [-0.15, -0.1) is 0 Å². The number of pyridine rings is 1. The van der Waals surface area contributed by atoms with E-state index in [1.807, 2.05) is 50.8 Å². The van der Waals surface area contributed by atoms with Crippen molar-refractivity contribution in [2.75, 3.05) is 29.9 Å². The summed E-state index contributed by atoms with van der Waals surface area (Å²) in [4.78, 5) is 18.3. The Morgan fingerprint density at radius 1 is 1.37 bits per heavy atom. The third-order valence-electron chi connectivity index (χ3n) is 2.58. The van der Waals surface area contributed by atoms with Gasteiger partial charge in [0.1, 0.15) is 11.6 Å². The minimum atomic E-state index is 0.0208. The van der Waals surface area contributed by atoms with E-state index >= 15 is 0 Å². The highest BCUT2D eigenvalue weighted by Gasteiger charge is 2.12. The van der Waals surface area contributed by atoms with Crippen LogP contribution in [0.15, 0.2) is 18.2 Å². The van der Waals surface area contributed by atoms with Gasteiger partial charge in [0.2, 0.25) is 5.91 Å². The van der Waals surface area contributed by atoms with Crippen molar-refractivity contribution in [3.8, 4) is 0 Å². The minimum absolute atomic E-state index is 0.0208. The zero-order valence-electron chi connectivity index (χ0n) is 12.2. The van der Waals surface area contributed by atoms with Gasteiger partial charge in [0.05, 0.1) is 6.54 Å². The molecular weight excluding hydrogens is 240 g/mol. The normalized spacial score (nSPS) is 10.4. The molecule has 5 heteroatoms. The van der Waals surface area contributed by atoms with Crippen LogP contribution < -0.4 is 15.5 Å². The van der Waals surface area contributed by atoms with Crippen LogP contribution in [0.2, 0.25) is 0 Å². The van der Waals surface area contributed by atoms with Crippen molar-refractivity contribution in [1.29, 1.82) is 0 Å². The number of carbonyl (C=O) groups is 1. The number of rotatable bonds is 7. The predicted octanol–water partition coefficient (Wildman–Crippen LogP) is 1.86. The molecule has 0 aliphatic heterocycles. The molecule has 0 spiro atoms. The van der Waals surface area contributed by atoms with E-state index in [0.29, 0.717) is 6.54 Å². The molecule has 0 bridgehead atoms. The first-order valence-electron chi connectivity index (χ1n) is 6.82. The highest BCUT2D eigenvalue weighted by molar-refractivity contribution is 5.81. The maximum atomic E-state index is 11.8. The molecule has 0 atom stereocenters. The molecule has 1 amide bonds. The van der Waals surface area contributed by atoms with Crippen LogP contribution in [0, 0.1) is 0 Å². The molecule has 0 radical (unpaired) electrons. The highest BCUT2D eigenvalue weighted by atomic mass is 16.2. The molecule has 0 unspecified atom stereocenters. The van der Waals surface area contributed by atoms with Crippen LogP contribution in [0.25, 0.3) is 0 Å². The fraction of sp³-hybridized carbons (Fsp3) is 0.571. The predicted molar refractivity (Wildman–Crippen MR) is 79.6 cm³/mol. The molecule has 0 saturated carbocycles. The van der Waals surface area contributed by atoms with Crippen LogP contribution >= 0.6 is 0 Å². The van der Waals surface area contributed by atoms with Gasteiger partial charge in [-0.2, -0.15) is 0 Å². The largest absolute Gasteiger partial charge is 0.370 e. The fourth-order valence-corrected chi connectivity index (χ4v) is 1.77. The first kappa shape index (κ1) is 15.3. The Kier molecular flexibility index (Phi) is 6.12. The molecule has 0 aliphatic carbocycles. The molecule has 1 rings (SSSR count). The average molecular weight is 264 g/mol. The Hall–Kier alpha value is -1.78. The van der Waals surface area contributed by atoms with Crippen LogP contribution in [0.4, 0.5) is 11.6 Å². The van der Waals surface area contributed by atoms with Gasteiger partial charge >= 0.3 is 0 Å². The van der Waals surface area contributed by atoms with Gasteiger partial charge in [0.25, 0.3) is 0 Å². The second-order valence-corrected chi connectivity index (χ2v) is 4.65. The Labute approximate surface area is 115 Å². The number of likely N-dealkylation sites (N-methyl/N-ethyl adjacent to an activating group) is 1. The number of anilines is 2. The molecule has 19 heavy (non-hydrogen) atoms. The molecule has 1 aromatic rings. The van der Waals surface area contributed by atoms with Crippen LogP contribution in [-0.2, 0) is 4.79 Å². The van der Waals surface area contributed by atoms with Gasteiger partial charge in [-0.1, -0.05) is 6.07 Å². The lowest BCUT2D eigenvalue weighted by Gasteiger charge is -2.22. The quantitative estimate of drug-likeness (QED) is 0.789. The lowest BCUT2D eigenvalue weighted by atomic mass is 10.3. The average Bonchev–Trinajstić information content (AvgIpc) is 2.36. The van der Waals surface area contributed by atoms with Gasteiger partial charge in [-0.25, -0.2) is 4.98 Å². The second kappa shape index (κ2) is 7.61. The molecule has 0 saturated heterocycles. The van der Waals surface area contributed by atoms with Crippen molar-refractivity contribution in [3.05, 3.63) is 18.2 Å². The van der Waals surface area contributed by atoms with E-state index in [4.69, 9.17) is 0 Å². The smallest absolute Gasteiger partial charge is 0.239 e. The highest BCUT2D eigenvalue weighted by Crippen LogP contribution is 2.13. The van der Waals surface area contributed by atoms with Crippen molar-refractivity contribution in [1.82, 2.24) is 10.3 Å². The molecule has 0 aromatic carbocycles. The van der Waals surface area contributed by atoms with Crippen molar-refractivity contribution >= 4 is 17.5 Å². The van der Waals surface area contributed by atoms with Crippen molar-refractivity contribution in [2.24, 2.45) is 0 Å². The Morgan fingerprint density at radius 3 is 2.68 bits per heavy atom. The fourth-order valence-electron chi connectivity index (χ4n) is 1.77. The number of nitrogens with one attached hydrogen (secondary N) is 2. The zero-order valence-corrected chi connectivity index (χ0v) is 12.2. The van der Waals surface area contributed by atoms with Gasteiger partial charge < -0.3 is 15.5 Å². The number of hydrogen-bond donors (Lipinski definition) is 2. The third kappa shape index (κ3) is 5.16. The lowest BCUT2D eigenvalue weighted by molar-refractivity contribution is -0.120. The lowest BCUT2D eigenvalue weighted by Crippen LogP contribution is -2.40. The molecule has 1 aromatic heterocycles. The summed E-state index contributed by atoms with van der Waals surface area (Å²) >= 11 is 0. The monoisotopic (exact) mass is 264 g/mol. The van der Waals surface area contributed by atoms with Crippen molar-refractivity contribution in [3.63, 3.8) is 0 Å². The van der Waals surface area contributed by atoms with Gasteiger partial charge in [0.15, 0.2) is 0 Å². The standard InChI is InChI=1S/C14H24N4O/c1-5-15-12-8-7-9-13(17-12)18(6-2)10-14(19)16-11(3)4/h7-9,11H,5-6,10H2,1-4H3,(H,15,17)(H,16,19). The van der Waals surface area contributed by atoms with E-state index in [1.54, 1.807) is 0 Å². The van der Waals surface area contributed by atoms with Crippen LogP contribution in [0.1, 0.15) is 27.7 Å². The van der Waals surface area contributed by atoms with Crippen molar-refractivity contribution < 1.29 is 4.79 Å². The summed E-state index contributed by atoms with van der Waals surface area (Å²) < 4.78 is 0. The third-order valence-corrected chi connectivity index (χ3v) is 2.58. The Morgan fingerprint density at radius 2 is 2.11 bits per heavy atom. The van der Waals surface area contributed by atoms with Gasteiger partial charge in [-0.05, 0) is 39.8 Å². The van der Waals surface area contributed by atoms with E-state index in [9.17, 15) is 4.79 Å². The van der Waals surface area contributed by atoms with Gasteiger partial charge in [0, 0.05) is 19.1 Å². The van der Waals surface area contributed by atoms with E-state index in [1.165, 1.54) is 0 Å². The number of aromatic nitrogens is 1. The van der Waals surface area contributed by atoms with E-state index < -0.39 is 0 Å². The summed E-state index contributed by atoms with van der Waals surface area (Å²) in [6, 6.07) is 5.96. The second-order valence-electron chi connectivity index (χ2n) is 4.65. The van der Waals surface area contributed by atoms with Crippen LogP contribution in [0.3, 0.4) is 0 Å². The maximum Gasteiger partial charge on any atom is 0.239 e. The van der Waals surface area contributed by atoms with E-state index in [2.05, 4.69) is 15.6 Å². The topological polar surface area (TPSA) is 57.3 Å². The van der Waals surface area contributed by atoms with Crippen LogP contribution in [0.5, 0.6) is 0 Å². The number of nitrogens with zero attached hydrogens (tertiary/aromatic N) is 2. The van der Waals surface area contributed by atoms with E-state index in [-0.39, 0.29) is 11.9 Å². The first-order valence-corrected chi connectivity index (χ1v) is 6.82. The molecule has 5 nitrogen and oxygen atoms in total. The van der Waals surface area contributed by atoms with Crippen molar-refractivity contribution in [2.45, 2.75) is 33.7 Å².